The first-order valence-electron chi connectivity index (χ1n) is 6.11. The van der Waals surface area contributed by atoms with Gasteiger partial charge in [0.2, 0.25) is 5.91 Å². The number of nitrogens with zero attached hydrogens (tertiary/aromatic N) is 2. The normalized spacial score (nSPS) is 11.7. The fourth-order valence-electron chi connectivity index (χ4n) is 1.57. The third kappa shape index (κ3) is 9.83. The maximum atomic E-state index is 11.2. The van der Waals surface area contributed by atoms with Crippen molar-refractivity contribution < 1.29 is 14.7 Å². The Morgan fingerprint density at radius 3 is 2.42 bits per heavy atom. The molecule has 0 saturated carbocycles. The molecule has 0 aromatic heterocycles. The third-order valence-electron chi connectivity index (χ3n) is 2.50. The molecule has 0 rings (SSSR count). The van der Waals surface area contributed by atoms with E-state index in [4.69, 9.17) is 22.3 Å². The van der Waals surface area contributed by atoms with Crippen LogP contribution < -0.4 is 17.2 Å². The molecule has 0 saturated heterocycles. The number of amides is 1. The summed E-state index contributed by atoms with van der Waals surface area (Å²) >= 11 is 0. The highest BCUT2D eigenvalue weighted by molar-refractivity contribution is 5.79. The Morgan fingerprint density at radius 2 is 1.95 bits per heavy atom. The second-order valence-electron chi connectivity index (χ2n) is 4.36. The van der Waals surface area contributed by atoms with Crippen molar-refractivity contribution in [1.82, 2.24) is 4.90 Å². The molecule has 0 unspecified atom stereocenters. The summed E-state index contributed by atoms with van der Waals surface area (Å²) in [6.45, 7) is 1.79. The van der Waals surface area contributed by atoms with Crippen LogP contribution in [0.5, 0.6) is 0 Å². The molecule has 0 aromatic rings. The highest BCUT2D eigenvalue weighted by atomic mass is 16.4. The summed E-state index contributed by atoms with van der Waals surface area (Å²) in [6.07, 6.45) is 2.30. The van der Waals surface area contributed by atoms with Gasteiger partial charge in [0.1, 0.15) is 6.54 Å². The van der Waals surface area contributed by atoms with Gasteiger partial charge >= 0.3 is 5.97 Å². The second-order valence-corrected chi connectivity index (χ2v) is 4.36. The zero-order valence-electron chi connectivity index (χ0n) is 11.2. The standard InChI is InChI=1S/C11H23N5O3/c1-8(17)16(7-10(18)19)6-9(12)4-2-3-5-15-11(13)14/h9H,2-7,12H2,1H3,(H,18,19)(H4,13,14,15)/t9-/m0/s1. The zero-order valence-corrected chi connectivity index (χ0v) is 11.2. The van der Waals surface area contributed by atoms with Crippen LogP contribution in [0.4, 0.5) is 0 Å². The van der Waals surface area contributed by atoms with Gasteiger partial charge in [0.15, 0.2) is 5.96 Å². The minimum absolute atomic E-state index is 0.0634. The highest BCUT2D eigenvalue weighted by Crippen LogP contribution is 2.02. The van der Waals surface area contributed by atoms with Crippen LogP contribution in [0.15, 0.2) is 4.99 Å². The molecule has 8 heteroatoms. The summed E-state index contributed by atoms with van der Waals surface area (Å²) in [6, 6.07) is -0.248. The molecule has 19 heavy (non-hydrogen) atoms. The zero-order chi connectivity index (χ0) is 14.8. The van der Waals surface area contributed by atoms with Crippen LogP contribution >= 0.6 is 0 Å². The van der Waals surface area contributed by atoms with Crippen LogP contribution in [0.2, 0.25) is 0 Å². The lowest BCUT2D eigenvalue weighted by Crippen LogP contribution is -2.42. The molecule has 0 spiro atoms. The first kappa shape index (κ1) is 17.2. The van der Waals surface area contributed by atoms with Crippen molar-refractivity contribution in [3.63, 3.8) is 0 Å². The van der Waals surface area contributed by atoms with Crippen molar-refractivity contribution in [3.05, 3.63) is 0 Å². The topological polar surface area (TPSA) is 148 Å². The molecule has 1 atom stereocenters. The Hall–Kier alpha value is -1.83. The van der Waals surface area contributed by atoms with Gasteiger partial charge in [0.25, 0.3) is 0 Å². The first-order valence-corrected chi connectivity index (χ1v) is 6.11. The van der Waals surface area contributed by atoms with E-state index in [1.165, 1.54) is 11.8 Å². The molecule has 0 aromatic carbocycles. The van der Waals surface area contributed by atoms with Crippen molar-refractivity contribution in [1.29, 1.82) is 0 Å². The van der Waals surface area contributed by atoms with Gasteiger partial charge in [-0.25, -0.2) is 0 Å². The Labute approximate surface area is 112 Å². The van der Waals surface area contributed by atoms with Crippen molar-refractivity contribution in [2.45, 2.75) is 32.2 Å². The van der Waals surface area contributed by atoms with Gasteiger partial charge in [-0.1, -0.05) is 6.42 Å². The van der Waals surface area contributed by atoms with Crippen LogP contribution in [-0.2, 0) is 9.59 Å². The van der Waals surface area contributed by atoms with Gasteiger partial charge in [-0.3, -0.25) is 14.6 Å². The summed E-state index contributed by atoms with van der Waals surface area (Å²) in [5.74, 6) is -1.28. The number of carboxylic acid groups (broad SMARTS) is 1. The maximum Gasteiger partial charge on any atom is 0.323 e. The molecule has 0 bridgehead atoms. The van der Waals surface area contributed by atoms with Crippen LogP contribution in [-0.4, -0.2) is 53.5 Å². The lowest BCUT2D eigenvalue weighted by Gasteiger charge is -2.22. The van der Waals surface area contributed by atoms with Gasteiger partial charge in [0.05, 0.1) is 0 Å². The van der Waals surface area contributed by atoms with Crippen LogP contribution in [0.3, 0.4) is 0 Å². The number of unbranched alkanes of at least 4 members (excludes halogenated alkanes) is 1. The number of hydrogen-bond donors (Lipinski definition) is 4. The maximum absolute atomic E-state index is 11.2. The average molecular weight is 273 g/mol. The van der Waals surface area contributed by atoms with Crippen molar-refractivity contribution in [2.24, 2.45) is 22.2 Å². The second kappa shape index (κ2) is 9.15. The van der Waals surface area contributed by atoms with Gasteiger partial charge in [-0.2, -0.15) is 0 Å². The van der Waals surface area contributed by atoms with E-state index in [0.717, 1.165) is 12.8 Å². The van der Waals surface area contributed by atoms with E-state index in [2.05, 4.69) is 4.99 Å². The van der Waals surface area contributed by atoms with Crippen LogP contribution in [0.25, 0.3) is 0 Å². The minimum atomic E-state index is -1.05. The Kier molecular flexibility index (Phi) is 8.27. The Balaban J connectivity index is 3.93. The Bertz CT molecular complexity index is 328. The van der Waals surface area contributed by atoms with Crippen molar-refractivity contribution in [2.75, 3.05) is 19.6 Å². The van der Waals surface area contributed by atoms with Crippen molar-refractivity contribution in [3.8, 4) is 0 Å². The highest BCUT2D eigenvalue weighted by Gasteiger charge is 2.15. The number of guanidine groups is 1. The fourth-order valence-corrected chi connectivity index (χ4v) is 1.57. The predicted octanol–water partition coefficient (Wildman–Crippen LogP) is -1.31. The van der Waals surface area contributed by atoms with E-state index >= 15 is 0 Å². The quantitative estimate of drug-likeness (QED) is 0.233. The number of aliphatic imine (C=N–C) groups is 1. The van der Waals surface area contributed by atoms with E-state index in [-0.39, 0.29) is 31.0 Å². The number of carbonyl (C=O) groups is 2. The first-order chi connectivity index (χ1) is 8.82. The summed E-state index contributed by atoms with van der Waals surface area (Å²) in [4.78, 5) is 26.9. The van der Waals surface area contributed by atoms with Crippen LogP contribution in [0, 0.1) is 0 Å². The van der Waals surface area contributed by atoms with E-state index in [1.54, 1.807) is 0 Å². The summed E-state index contributed by atoms with van der Waals surface area (Å²) in [7, 11) is 0. The van der Waals surface area contributed by atoms with Crippen molar-refractivity contribution >= 4 is 17.8 Å². The Morgan fingerprint density at radius 1 is 1.32 bits per heavy atom. The molecule has 0 aliphatic carbocycles. The number of carbonyl (C=O) groups excluding carboxylic acids is 1. The van der Waals surface area contributed by atoms with E-state index in [0.29, 0.717) is 13.0 Å². The third-order valence-corrected chi connectivity index (χ3v) is 2.50. The molecule has 8 nitrogen and oxygen atoms in total. The summed E-state index contributed by atoms with van der Waals surface area (Å²) in [5.41, 5.74) is 16.2. The average Bonchev–Trinajstić information content (AvgIpc) is 2.26. The fraction of sp³-hybridized carbons (Fsp3) is 0.727. The predicted molar refractivity (Wildman–Crippen MR) is 72.4 cm³/mol. The van der Waals surface area contributed by atoms with Crippen LogP contribution in [0.1, 0.15) is 26.2 Å². The number of hydrogen-bond acceptors (Lipinski definition) is 4. The molecular weight excluding hydrogens is 250 g/mol. The number of nitrogens with two attached hydrogens (primary N) is 3. The lowest BCUT2D eigenvalue weighted by molar-refractivity contribution is -0.143. The molecule has 0 aliphatic heterocycles. The van der Waals surface area contributed by atoms with Gasteiger partial charge < -0.3 is 27.2 Å². The number of aliphatic carboxylic acids is 1. The molecule has 1 amide bonds. The van der Waals surface area contributed by atoms with Gasteiger partial charge in [0, 0.05) is 26.1 Å². The smallest absolute Gasteiger partial charge is 0.323 e. The number of carboxylic acids is 1. The SMILES string of the molecule is CC(=O)N(CC(=O)O)C[C@@H](N)CCCCN=C(N)N. The molecular formula is C11H23N5O3. The lowest BCUT2D eigenvalue weighted by atomic mass is 10.1. The molecule has 0 aliphatic rings. The van der Waals surface area contributed by atoms with E-state index in [9.17, 15) is 9.59 Å². The summed E-state index contributed by atoms with van der Waals surface area (Å²) in [5, 5.41) is 8.67. The number of rotatable bonds is 9. The molecule has 0 heterocycles. The molecule has 110 valence electrons. The summed E-state index contributed by atoms with van der Waals surface area (Å²) < 4.78 is 0. The largest absolute Gasteiger partial charge is 0.480 e. The molecule has 7 N–H and O–H groups in total. The van der Waals surface area contributed by atoms with Gasteiger partial charge in [-0.05, 0) is 12.8 Å². The van der Waals surface area contributed by atoms with E-state index < -0.39 is 5.97 Å². The monoisotopic (exact) mass is 273 g/mol. The molecule has 0 fully saturated rings. The van der Waals surface area contributed by atoms with Gasteiger partial charge in [-0.15, -0.1) is 0 Å². The molecule has 0 radical (unpaired) electrons. The van der Waals surface area contributed by atoms with E-state index in [1.807, 2.05) is 0 Å². The minimum Gasteiger partial charge on any atom is -0.480 e.